The van der Waals surface area contributed by atoms with Gasteiger partial charge in [-0.2, -0.15) is 0 Å². The lowest BCUT2D eigenvalue weighted by atomic mass is 9.87. The van der Waals surface area contributed by atoms with Crippen LogP contribution < -0.4 is 5.32 Å². The van der Waals surface area contributed by atoms with Gasteiger partial charge in [-0.3, -0.25) is 14.5 Å². The molecule has 33 heavy (non-hydrogen) atoms. The summed E-state index contributed by atoms with van der Waals surface area (Å²) in [6.07, 6.45) is 0. The minimum Gasteiger partial charge on any atom is -0.392 e. The van der Waals surface area contributed by atoms with Gasteiger partial charge in [0.15, 0.2) is 5.78 Å². The number of amides is 1. The SMILES string of the molecule is Cc1ccc(CO)cc1NC(=O)[C@@H]1CN(Cc2ccccc2)C[C@H]1C(=O)c1ccc(F)cc1. The van der Waals surface area contributed by atoms with Crippen molar-refractivity contribution in [1.29, 1.82) is 0 Å². The van der Waals surface area contributed by atoms with E-state index in [9.17, 15) is 19.1 Å². The van der Waals surface area contributed by atoms with E-state index in [-0.39, 0.29) is 18.3 Å². The number of ketones is 1. The Morgan fingerprint density at radius 1 is 0.970 bits per heavy atom. The molecule has 0 bridgehead atoms. The molecule has 170 valence electrons. The fourth-order valence-corrected chi connectivity index (χ4v) is 4.34. The van der Waals surface area contributed by atoms with E-state index < -0.39 is 17.7 Å². The summed E-state index contributed by atoms with van der Waals surface area (Å²) in [5, 5.41) is 12.4. The van der Waals surface area contributed by atoms with Crippen molar-refractivity contribution in [3.63, 3.8) is 0 Å². The third-order valence-electron chi connectivity index (χ3n) is 6.19. The molecule has 1 amide bonds. The Kier molecular flexibility index (Phi) is 6.96. The van der Waals surface area contributed by atoms with Crippen LogP contribution in [0.25, 0.3) is 0 Å². The summed E-state index contributed by atoms with van der Waals surface area (Å²) in [4.78, 5) is 28.8. The highest BCUT2D eigenvalue weighted by molar-refractivity contribution is 6.03. The van der Waals surface area contributed by atoms with Crippen LogP contribution in [0.4, 0.5) is 10.1 Å². The maximum absolute atomic E-state index is 13.4. The maximum Gasteiger partial charge on any atom is 0.229 e. The molecule has 1 heterocycles. The molecule has 6 heteroatoms. The standard InChI is InChI=1S/C27H27FN2O3/c1-18-7-8-20(17-31)13-25(18)29-27(33)24-16-30(14-19-5-3-2-4-6-19)15-23(24)26(32)21-9-11-22(28)12-10-21/h2-13,23-24,31H,14-17H2,1H3,(H,29,33)/t23-,24-/m1/s1. The molecule has 1 aliphatic heterocycles. The first-order valence-corrected chi connectivity index (χ1v) is 11.0. The van der Waals surface area contributed by atoms with Gasteiger partial charge in [-0.25, -0.2) is 4.39 Å². The number of Topliss-reactive ketones (excluding diaryl/α,β-unsaturated/α-hetero) is 1. The summed E-state index contributed by atoms with van der Waals surface area (Å²) in [6.45, 7) is 3.28. The van der Waals surface area contributed by atoms with Gasteiger partial charge in [0.05, 0.1) is 12.5 Å². The van der Waals surface area contributed by atoms with E-state index in [1.807, 2.05) is 49.4 Å². The monoisotopic (exact) mass is 446 g/mol. The average Bonchev–Trinajstić information content (AvgIpc) is 3.25. The van der Waals surface area contributed by atoms with Crippen molar-refractivity contribution in [2.24, 2.45) is 11.8 Å². The van der Waals surface area contributed by atoms with E-state index in [0.29, 0.717) is 36.4 Å². The van der Waals surface area contributed by atoms with E-state index >= 15 is 0 Å². The second-order valence-corrected chi connectivity index (χ2v) is 8.56. The van der Waals surface area contributed by atoms with E-state index in [4.69, 9.17) is 0 Å². The second-order valence-electron chi connectivity index (χ2n) is 8.56. The van der Waals surface area contributed by atoms with E-state index in [2.05, 4.69) is 10.2 Å². The summed E-state index contributed by atoms with van der Waals surface area (Å²) in [7, 11) is 0. The number of aliphatic hydroxyl groups is 1. The molecular weight excluding hydrogens is 419 g/mol. The molecule has 5 nitrogen and oxygen atoms in total. The molecule has 0 aromatic heterocycles. The number of likely N-dealkylation sites (tertiary alicyclic amines) is 1. The van der Waals surface area contributed by atoms with Crippen LogP contribution in [0, 0.1) is 24.6 Å². The summed E-state index contributed by atoms with van der Waals surface area (Å²) in [5.41, 5.74) is 3.71. The number of nitrogens with one attached hydrogen (secondary N) is 1. The zero-order chi connectivity index (χ0) is 23.4. The van der Waals surface area contributed by atoms with Gasteiger partial charge in [-0.15, -0.1) is 0 Å². The highest BCUT2D eigenvalue weighted by atomic mass is 19.1. The minimum atomic E-state index is -0.552. The van der Waals surface area contributed by atoms with Crippen molar-refractivity contribution in [3.8, 4) is 0 Å². The first-order chi connectivity index (χ1) is 15.9. The number of carbonyl (C=O) groups is 2. The maximum atomic E-state index is 13.4. The van der Waals surface area contributed by atoms with E-state index in [1.165, 1.54) is 24.3 Å². The molecule has 0 aliphatic carbocycles. The average molecular weight is 447 g/mol. The van der Waals surface area contributed by atoms with Crippen LogP contribution in [0.15, 0.2) is 72.8 Å². The highest BCUT2D eigenvalue weighted by Crippen LogP contribution is 2.30. The zero-order valence-electron chi connectivity index (χ0n) is 18.5. The number of hydrogen-bond donors (Lipinski definition) is 2. The van der Waals surface area contributed by atoms with Gasteiger partial charge < -0.3 is 10.4 Å². The fraction of sp³-hybridized carbons (Fsp3) is 0.259. The second kappa shape index (κ2) is 10.1. The number of aryl methyl sites for hydroxylation is 1. The number of halogens is 1. The van der Waals surface area contributed by atoms with Crippen molar-refractivity contribution < 1.29 is 19.1 Å². The van der Waals surface area contributed by atoms with Gasteiger partial charge in [0, 0.05) is 36.8 Å². The van der Waals surface area contributed by atoms with Crippen LogP contribution in [-0.2, 0) is 17.9 Å². The summed E-state index contributed by atoms with van der Waals surface area (Å²) >= 11 is 0. The molecular formula is C27H27FN2O3. The van der Waals surface area contributed by atoms with Gasteiger partial charge in [-0.1, -0.05) is 42.5 Å². The first-order valence-electron chi connectivity index (χ1n) is 11.0. The van der Waals surface area contributed by atoms with Crippen molar-refractivity contribution in [2.75, 3.05) is 18.4 Å². The number of hydrogen-bond acceptors (Lipinski definition) is 4. The molecule has 4 rings (SSSR count). The normalized spacial score (nSPS) is 18.3. The Morgan fingerprint density at radius 3 is 2.36 bits per heavy atom. The van der Waals surface area contributed by atoms with Crippen molar-refractivity contribution in [1.82, 2.24) is 4.90 Å². The molecule has 3 aromatic rings. The lowest BCUT2D eigenvalue weighted by molar-refractivity contribution is -0.120. The number of anilines is 1. The minimum absolute atomic E-state index is 0.122. The predicted octanol–water partition coefficient (Wildman–Crippen LogP) is 4.20. The smallest absolute Gasteiger partial charge is 0.229 e. The van der Waals surface area contributed by atoms with Gasteiger partial charge in [0.2, 0.25) is 5.91 Å². The molecule has 2 N–H and O–H groups in total. The Morgan fingerprint density at radius 2 is 1.67 bits per heavy atom. The summed E-state index contributed by atoms with van der Waals surface area (Å²) < 4.78 is 13.4. The highest BCUT2D eigenvalue weighted by Gasteiger charge is 2.42. The van der Waals surface area contributed by atoms with Gasteiger partial charge in [-0.05, 0) is 53.9 Å². The van der Waals surface area contributed by atoms with Crippen molar-refractivity contribution >= 4 is 17.4 Å². The van der Waals surface area contributed by atoms with Crippen molar-refractivity contribution in [2.45, 2.75) is 20.1 Å². The molecule has 1 saturated heterocycles. The Balaban J connectivity index is 1.58. The van der Waals surface area contributed by atoms with Crippen LogP contribution in [0.3, 0.4) is 0 Å². The van der Waals surface area contributed by atoms with Gasteiger partial charge >= 0.3 is 0 Å². The lowest BCUT2D eigenvalue weighted by Crippen LogP contribution is -2.33. The molecule has 0 unspecified atom stereocenters. The largest absolute Gasteiger partial charge is 0.392 e. The van der Waals surface area contributed by atoms with Crippen LogP contribution in [0.5, 0.6) is 0 Å². The topological polar surface area (TPSA) is 69.6 Å². The fourth-order valence-electron chi connectivity index (χ4n) is 4.34. The molecule has 0 saturated carbocycles. The number of nitrogens with zero attached hydrogens (tertiary/aromatic N) is 1. The van der Waals surface area contributed by atoms with Crippen LogP contribution >= 0.6 is 0 Å². The summed E-state index contributed by atoms with van der Waals surface area (Å²) in [5.74, 6) is -1.89. The van der Waals surface area contributed by atoms with Crippen molar-refractivity contribution in [3.05, 3.63) is 101 Å². The third-order valence-corrected chi connectivity index (χ3v) is 6.19. The molecule has 0 spiro atoms. The molecule has 2 atom stereocenters. The lowest BCUT2D eigenvalue weighted by Gasteiger charge is -2.18. The van der Waals surface area contributed by atoms with E-state index in [0.717, 1.165) is 11.1 Å². The Hall–Kier alpha value is -3.35. The molecule has 1 fully saturated rings. The predicted molar refractivity (Wildman–Crippen MR) is 125 cm³/mol. The first kappa shape index (κ1) is 22.8. The Labute approximate surface area is 192 Å². The quantitative estimate of drug-likeness (QED) is 0.534. The Bertz CT molecular complexity index is 1130. The van der Waals surface area contributed by atoms with Crippen LogP contribution in [-0.4, -0.2) is 34.8 Å². The molecule has 3 aromatic carbocycles. The number of benzene rings is 3. The number of aliphatic hydroxyl groups excluding tert-OH is 1. The van der Waals surface area contributed by atoms with E-state index in [1.54, 1.807) is 6.07 Å². The third kappa shape index (κ3) is 5.35. The zero-order valence-corrected chi connectivity index (χ0v) is 18.5. The van der Waals surface area contributed by atoms with Gasteiger partial charge in [0.25, 0.3) is 0 Å². The summed E-state index contributed by atoms with van der Waals surface area (Å²) in [6, 6.07) is 20.8. The molecule has 1 aliphatic rings. The number of carbonyl (C=O) groups excluding carboxylic acids is 2. The van der Waals surface area contributed by atoms with Gasteiger partial charge in [0.1, 0.15) is 5.82 Å². The number of rotatable bonds is 7. The van der Waals surface area contributed by atoms with Crippen LogP contribution in [0.1, 0.15) is 27.0 Å². The van der Waals surface area contributed by atoms with Crippen LogP contribution in [0.2, 0.25) is 0 Å². The molecule has 0 radical (unpaired) electrons.